The zero-order valence-corrected chi connectivity index (χ0v) is 12.4. The van der Waals surface area contributed by atoms with E-state index in [9.17, 15) is 9.18 Å². The van der Waals surface area contributed by atoms with Crippen molar-refractivity contribution in [1.82, 2.24) is 9.78 Å². The minimum Gasteiger partial charge on any atom is -0.267 e. The number of aromatic nitrogens is 2. The van der Waals surface area contributed by atoms with E-state index in [1.807, 2.05) is 40.7 Å². The SMILES string of the molecule is CC.Cn1ncc2cc(C(C)(C)C)cc(F)c2c1=O. The van der Waals surface area contributed by atoms with Crippen molar-refractivity contribution in [2.45, 2.75) is 40.0 Å². The minimum atomic E-state index is -0.476. The lowest BCUT2D eigenvalue weighted by atomic mass is 9.86. The van der Waals surface area contributed by atoms with Crippen molar-refractivity contribution in [3.63, 3.8) is 0 Å². The van der Waals surface area contributed by atoms with Crippen LogP contribution in [0.3, 0.4) is 0 Å². The Labute approximate surface area is 113 Å². The maximum Gasteiger partial charge on any atom is 0.277 e. The summed E-state index contributed by atoms with van der Waals surface area (Å²) in [5.41, 5.74) is 0.300. The first kappa shape index (κ1) is 15.3. The molecule has 104 valence electrons. The van der Waals surface area contributed by atoms with Crippen molar-refractivity contribution < 1.29 is 4.39 Å². The van der Waals surface area contributed by atoms with E-state index in [-0.39, 0.29) is 10.8 Å². The van der Waals surface area contributed by atoms with Crippen LogP contribution in [0.1, 0.15) is 40.2 Å². The zero-order chi connectivity index (χ0) is 14.8. The largest absolute Gasteiger partial charge is 0.277 e. The van der Waals surface area contributed by atoms with Gasteiger partial charge >= 0.3 is 0 Å². The molecule has 0 aliphatic carbocycles. The average Bonchev–Trinajstić information content (AvgIpc) is 2.35. The summed E-state index contributed by atoms with van der Waals surface area (Å²) in [4.78, 5) is 11.8. The van der Waals surface area contributed by atoms with E-state index < -0.39 is 11.4 Å². The highest BCUT2D eigenvalue weighted by molar-refractivity contribution is 5.82. The number of benzene rings is 1. The van der Waals surface area contributed by atoms with Gasteiger partial charge in [0, 0.05) is 12.4 Å². The number of hydrogen-bond donors (Lipinski definition) is 0. The van der Waals surface area contributed by atoms with Gasteiger partial charge in [-0.2, -0.15) is 5.10 Å². The smallest absolute Gasteiger partial charge is 0.267 e. The molecule has 0 unspecified atom stereocenters. The van der Waals surface area contributed by atoms with E-state index >= 15 is 0 Å². The summed E-state index contributed by atoms with van der Waals surface area (Å²) >= 11 is 0. The van der Waals surface area contributed by atoms with Crippen LogP contribution in [-0.4, -0.2) is 9.78 Å². The van der Waals surface area contributed by atoms with Gasteiger partial charge in [-0.1, -0.05) is 34.6 Å². The highest BCUT2D eigenvalue weighted by Gasteiger charge is 2.17. The standard InChI is InChI=1S/C13H15FN2O.C2H6/c1-13(2,3)9-5-8-7-15-16(4)12(17)11(8)10(14)6-9;1-2/h5-7H,1-4H3;1-2H3. The van der Waals surface area contributed by atoms with Gasteiger partial charge in [-0.3, -0.25) is 4.79 Å². The van der Waals surface area contributed by atoms with Crippen molar-refractivity contribution in [2.75, 3.05) is 0 Å². The molecule has 19 heavy (non-hydrogen) atoms. The second kappa shape index (κ2) is 5.51. The first-order valence-corrected chi connectivity index (χ1v) is 6.47. The molecule has 0 amide bonds. The Kier molecular flexibility index (Phi) is 4.45. The van der Waals surface area contributed by atoms with Crippen LogP contribution >= 0.6 is 0 Å². The predicted molar refractivity (Wildman–Crippen MR) is 77.0 cm³/mol. The third-order valence-electron chi connectivity index (χ3n) is 2.86. The number of aryl methyl sites for hydroxylation is 1. The fraction of sp³-hybridized carbons (Fsp3) is 0.467. The topological polar surface area (TPSA) is 34.9 Å². The van der Waals surface area contributed by atoms with Gasteiger partial charge in [0.1, 0.15) is 5.82 Å². The lowest BCUT2D eigenvalue weighted by molar-refractivity contribution is 0.575. The number of hydrogen-bond acceptors (Lipinski definition) is 2. The maximum absolute atomic E-state index is 14.0. The molecule has 1 aromatic carbocycles. The normalized spacial score (nSPS) is 11.1. The van der Waals surface area contributed by atoms with Crippen LogP contribution in [0.2, 0.25) is 0 Å². The van der Waals surface area contributed by atoms with Crippen LogP contribution in [-0.2, 0) is 12.5 Å². The van der Waals surface area contributed by atoms with Crippen molar-refractivity contribution in [1.29, 1.82) is 0 Å². The number of fused-ring (bicyclic) bond motifs is 1. The van der Waals surface area contributed by atoms with Gasteiger partial charge in [0.2, 0.25) is 0 Å². The molecule has 0 saturated heterocycles. The van der Waals surface area contributed by atoms with E-state index in [4.69, 9.17) is 0 Å². The fourth-order valence-corrected chi connectivity index (χ4v) is 1.75. The van der Waals surface area contributed by atoms with E-state index in [1.54, 1.807) is 0 Å². The highest BCUT2D eigenvalue weighted by Crippen LogP contribution is 2.26. The molecule has 0 atom stereocenters. The third kappa shape index (κ3) is 3.00. The predicted octanol–water partition coefficient (Wildman–Crippen LogP) is 3.40. The van der Waals surface area contributed by atoms with Crippen molar-refractivity contribution >= 4 is 10.8 Å². The monoisotopic (exact) mass is 264 g/mol. The lowest BCUT2D eigenvalue weighted by Gasteiger charge is -2.19. The Balaban J connectivity index is 0.000000861. The maximum atomic E-state index is 14.0. The Hall–Kier alpha value is -1.71. The van der Waals surface area contributed by atoms with Crippen LogP contribution < -0.4 is 5.56 Å². The molecular formula is C15H21FN2O. The summed E-state index contributed by atoms with van der Waals surface area (Å²) in [7, 11) is 1.51. The van der Waals surface area contributed by atoms with E-state index in [2.05, 4.69) is 5.10 Å². The van der Waals surface area contributed by atoms with Gasteiger partial charge in [-0.25, -0.2) is 9.07 Å². The Morgan fingerprint density at radius 2 is 1.79 bits per heavy atom. The highest BCUT2D eigenvalue weighted by atomic mass is 19.1. The molecule has 2 aromatic rings. The summed E-state index contributed by atoms with van der Waals surface area (Å²) in [5.74, 6) is -0.476. The van der Waals surface area contributed by atoms with Crippen LogP contribution in [0.15, 0.2) is 23.1 Å². The van der Waals surface area contributed by atoms with E-state index in [0.29, 0.717) is 5.39 Å². The number of halogens is 1. The second-order valence-corrected chi connectivity index (χ2v) is 5.25. The molecule has 0 bridgehead atoms. The molecule has 0 fully saturated rings. The number of nitrogens with zero attached hydrogens (tertiary/aromatic N) is 2. The molecule has 4 heteroatoms. The summed E-state index contributed by atoms with van der Waals surface area (Å²) < 4.78 is 15.1. The minimum absolute atomic E-state index is 0.107. The summed E-state index contributed by atoms with van der Waals surface area (Å²) in [6, 6.07) is 3.26. The Bertz CT molecular complexity index is 639. The first-order valence-electron chi connectivity index (χ1n) is 6.47. The second-order valence-electron chi connectivity index (χ2n) is 5.25. The molecule has 0 N–H and O–H groups in total. The van der Waals surface area contributed by atoms with Crippen LogP contribution in [0.5, 0.6) is 0 Å². The van der Waals surface area contributed by atoms with Gasteiger partial charge in [0.15, 0.2) is 0 Å². The molecule has 2 rings (SSSR count). The number of rotatable bonds is 0. The summed E-state index contributed by atoms with van der Waals surface area (Å²) in [6.45, 7) is 10.0. The molecule has 0 radical (unpaired) electrons. The van der Waals surface area contributed by atoms with E-state index in [0.717, 1.165) is 10.2 Å². The van der Waals surface area contributed by atoms with Gasteiger partial charge in [0.05, 0.1) is 11.6 Å². The zero-order valence-electron chi connectivity index (χ0n) is 12.4. The molecule has 3 nitrogen and oxygen atoms in total. The van der Waals surface area contributed by atoms with Gasteiger partial charge in [-0.05, 0) is 23.1 Å². The Morgan fingerprint density at radius 3 is 2.32 bits per heavy atom. The van der Waals surface area contributed by atoms with Crippen LogP contribution in [0, 0.1) is 5.82 Å². The molecule has 1 aromatic heterocycles. The van der Waals surface area contributed by atoms with Crippen LogP contribution in [0.25, 0.3) is 10.8 Å². The quantitative estimate of drug-likeness (QED) is 0.731. The van der Waals surface area contributed by atoms with Crippen LogP contribution in [0.4, 0.5) is 4.39 Å². The lowest BCUT2D eigenvalue weighted by Crippen LogP contribution is -2.21. The molecule has 1 heterocycles. The van der Waals surface area contributed by atoms with Crippen molar-refractivity contribution in [3.05, 3.63) is 40.1 Å². The Morgan fingerprint density at radius 1 is 1.21 bits per heavy atom. The fourth-order valence-electron chi connectivity index (χ4n) is 1.75. The van der Waals surface area contributed by atoms with Crippen molar-refractivity contribution in [2.24, 2.45) is 7.05 Å². The molecular weight excluding hydrogens is 243 g/mol. The summed E-state index contributed by atoms with van der Waals surface area (Å²) in [6.07, 6.45) is 1.52. The molecule has 0 spiro atoms. The van der Waals surface area contributed by atoms with Gasteiger partial charge < -0.3 is 0 Å². The van der Waals surface area contributed by atoms with E-state index in [1.165, 1.54) is 19.3 Å². The van der Waals surface area contributed by atoms with Gasteiger partial charge in [0.25, 0.3) is 5.56 Å². The molecule has 0 aliphatic heterocycles. The first-order chi connectivity index (χ1) is 8.80. The van der Waals surface area contributed by atoms with Crippen molar-refractivity contribution in [3.8, 4) is 0 Å². The average molecular weight is 264 g/mol. The third-order valence-corrected chi connectivity index (χ3v) is 2.86. The molecule has 0 aliphatic rings. The molecule has 0 saturated carbocycles. The van der Waals surface area contributed by atoms with Gasteiger partial charge in [-0.15, -0.1) is 0 Å². The summed E-state index contributed by atoms with van der Waals surface area (Å²) in [5, 5.41) is 4.57.